The van der Waals surface area contributed by atoms with E-state index in [1.54, 1.807) is 12.1 Å². The molecule has 0 unspecified atom stereocenters. The molecule has 6 heteroatoms. The molecule has 3 nitrogen and oxygen atoms in total. The van der Waals surface area contributed by atoms with Gasteiger partial charge in [-0.2, -0.15) is 0 Å². The zero-order valence-corrected chi connectivity index (χ0v) is 16.5. The summed E-state index contributed by atoms with van der Waals surface area (Å²) in [6.07, 6.45) is 0. The van der Waals surface area contributed by atoms with E-state index in [1.807, 2.05) is 54.6 Å². The summed E-state index contributed by atoms with van der Waals surface area (Å²) in [6.45, 7) is 0. The van der Waals surface area contributed by atoms with Crippen LogP contribution in [0, 0.1) is 0 Å². The van der Waals surface area contributed by atoms with Crippen molar-refractivity contribution in [3.8, 4) is 11.4 Å². The number of rotatable bonds is 3. The normalized spacial score (nSPS) is 10.9. The molecule has 26 heavy (non-hydrogen) atoms. The van der Waals surface area contributed by atoms with E-state index in [2.05, 4.69) is 26.2 Å². The van der Waals surface area contributed by atoms with Gasteiger partial charge < -0.3 is 5.32 Å². The summed E-state index contributed by atoms with van der Waals surface area (Å²) in [5, 5.41) is 5.40. The molecule has 0 bridgehead atoms. The Bertz CT molecular complexity index is 1100. The molecule has 0 radical (unpaired) electrons. The van der Waals surface area contributed by atoms with Crippen LogP contribution < -0.4 is 5.32 Å². The van der Waals surface area contributed by atoms with Crippen molar-refractivity contribution in [3.05, 3.63) is 81.2 Å². The number of aromatic nitrogens is 2. The van der Waals surface area contributed by atoms with Gasteiger partial charge in [-0.3, -0.25) is 0 Å². The highest BCUT2D eigenvalue weighted by atomic mass is 79.9. The Kier molecular flexibility index (Phi) is 4.81. The molecule has 0 spiro atoms. The lowest BCUT2D eigenvalue weighted by Crippen LogP contribution is -1.99. The lowest BCUT2D eigenvalue weighted by Gasteiger charge is -2.12. The van der Waals surface area contributed by atoms with E-state index in [4.69, 9.17) is 28.2 Å². The van der Waals surface area contributed by atoms with Crippen LogP contribution in [0.25, 0.3) is 22.3 Å². The van der Waals surface area contributed by atoms with Crippen LogP contribution in [0.4, 0.5) is 11.5 Å². The van der Waals surface area contributed by atoms with Crippen molar-refractivity contribution in [2.75, 3.05) is 5.32 Å². The topological polar surface area (TPSA) is 37.8 Å². The van der Waals surface area contributed by atoms with Gasteiger partial charge in [0.15, 0.2) is 5.82 Å². The molecule has 1 N–H and O–H groups in total. The molecule has 3 aromatic carbocycles. The van der Waals surface area contributed by atoms with Crippen LogP contribution in [0.5, 0.6) is 0 Å². The maximum atomic E-state index is 6.36. The molecule has 4 rings (SSSR count). The van der Waals surface area contributed by atoms with Crippen molar-refractivity contribution >= 4 is 61.5 Å². The summed E-state index contributed by atoms with van der Waals surface area (Å²) in [4.78, 5) is 9.38. The second-order valence-electron chi connectivity index (χ2n) is 5.67. The number of nitrogens with one attached hydrogen (secondary N) is 1. The van der Waals surface area contributed by atoms with Crippen molar-refractivity contribution in [3.63, 3.8) is 0 Å². The van der Waals surface area contributed by atoms with Gasteiger partial charge in [-0.25, -0.2) is 9.97 Å². The molecule has 0 atom stereocenters. The molecule has 0 saturated heterocycles. The molecule has 0 aliphatic rings. The summed E-state index contributed by atoms with van der Waals surface area (Å²) in [6, 6.07) is 21.1. The van der Waals surface area contributed by atoms with Gasteiger partial charge in [0.25, 0.3) is 0 Å². The van der Waals surface area contributed by atoms with E-state index in [-0.39, 0.29) is 0 Å². The van der Waals surface area contributed by atoms with Crippen molar-refractivity contribution in [2.45, 2.75) is 0 Å². The first kappa shape index (κ1) is 17.3. The van der Waals surface area contributed by atoms with E-state index in [9.17, 15) is 0 Å². The fourth-order valence-corrected chi connectivity index (χ4v) is 3.39. The minimum absolute atomic E-state index is 0.516. The van der Waals surface area contributed by atoms with Gasteiger partial charge >= 0.3 is 0 Å². The Hall–Kier alpha value is -2.14. The molecule has 4 aromatic rings. The Morgan fingerprint density at radius 2 is 1.62 bits per heavy atom. The molecule has 0 aliphatic heterocycles. The Morgan fingerprint density at radius 1 is 0.846 bits per heavy atom. The van der Waals surface area contributed by atoms with Crippen LogP contribution in [0.3, 0.4) is 0 Å². The average molecular weight is 445 g/mol. The second kappa shape index (κ2) is 7.23. The summed E-state index contributed by atoms with van der Waals surface area (Å²) in [7, 11) is 0. The SMILES string of the molecule is Clc1ccc(-c2nc(Nc3ccc(Br)cc3)c3ccccc3n2)c(Cl)c1. The third-order valence-corrected chi connectivity index (χ3v) is 4.96. The first-order valence-corrected chi connectivity index (χ1v) is 9.40. The fraction of sp³-hybridized carbons (Fsp3) is 0. The van der Waals surface area contributed by atoms with Crippen molar-refractivity contribution in [1.82, 2.24) is 9.97 Å². The molecular formula is C20H12BrCl2N3. The first-order valence-electron chi connectivity index (χ1n) is 7.85. The second-order valence-corrected chi connectivity index (χ2v) is 7.43. The lowest BCUT2D eigenvalue weighted by molar-refractivity contribution is 1.22. The minimum Gasteiger partial charge on any atom is -0.340 e. The number of nitrogens with zero attached hydrogens (tertiary/aromatic N) is 2. The number of halogens is 3. The summed E-state index contributed by atoms with van der Waals surface area (Å²) < 4.78 is 1.02. The minimum atomic E-state index is 0.516. The predicted molar refractivity (Wildman–Crippen MR) is 112 cm³/mol. The lowest BCUT2D eigenvalue weighted by atomic mass is 10.1. The summed E-state index contributed by atoms with van der Waals surface area (Å²) in [5.74, 6) is 1.27. The van der Waals surface area contributed by atoms with Crippen molar-refractivity contribution in [2.24, 2.45) is 0 Å². The zero-order valence-electron chi connectivity index (χ0n) is 13.4. The molecule has 1 heterocycles. The molecule has 128 valence electrons. The number of hydrogen-bond donors (Lipinski definition) is 1. The molecule has 0 amide bonds. The van der Waals surface area contributed by atoms with Crippen molar-refractivity contribution in [1.29, 1.82) is 0 Å². The maximum absolute atomic E-state index is 6.36. The number of hydrogen-bond acceptors (Lipinski definition) is 3. The smallest absolute Gasteiger partial charge is 0.163 e. The molecule has 0 saturated carbocycles. The first-order chi connectivity index (χ1) is 12.6. The molecular weight excluding hydrogens is 433 g/mol. The van der Waals surface area contributed by atoms with Crippen molar-refractivity contribution < 1.29 is 0 Å². The van der Waals surface area contributed by atoms with E-state index < -0.39 is 0 Å². The van der Waals surface area contributed by atoms with Gasteiger partial charge in [0.05, 0.1) is 10.5 Å². The van der Waals surface area contributed by atoms with Gasteiger partial charge in [-0.15, -0.1) is 0 Å². The highest BCUT2D eigenvalue weighted by molar-refractivity contribution is 9.10. The van der Waals surface area contributed by atoms with E-state index in [1.165, 1.54) is 0 Å². The highest BCUT2D eigenvalue weighted by Gasteiger charge is 2.12. The molecule has 0 aliphatic carbocycles. The molecule has 0 fully saturated rings. The van der Waals surface area contributed by atoms with Crippen LogP contribution in [0.1, 0.15) is 0 Å². The van der Waals surface area contributed by atoms with Gasteiger partial charge in [-0.1, -0.05) is 51.3 Å². The average Bonchev–Trinajstić information content (AvgIpc) is 2.63. The largest absolute Gasteiger partial charge is 0.340 e. The van der Waals surface area contributed by atoms with Crippen LogP contribution in [-0.2, 0) is 0 Å². The summed E-state index contributed by atoms with van der Waals surface area (Å²) in [5.41, 5.74) is 2.51. The van der Waals surface area contributed by atoms with E-state index in [0.717, 1.165) is 32.4 Å². The number of benzene rings is 3. The third-order valence-electron chi connectivity index (χ3n) is 3.88. The highest BCUT2D eigenvalue weighted by Crippen LogP contribution is 2.32. The Balaban J connectivity index is 1.86. The standard InChI is InChI=1S/C20H12BrCl2N3/c21-12-5-8-14(9-6-12)24-20-16-3-1-2-4-18(16)25-19(26-20)15-10-7-13(22)11-17(15)23/h1-11H,(H,24,25,26). The van der Waals surface area contributed by atoms with Gasteiger partial charge in [0, 0.05) is 26.1 Å². The number of anilines is 2. The summed E-state index contributed by atoms with van der Waals surface area (Å²) >= 11 is 15.8. The number of para-hydroxylation sites is 1. The Labute approximate surface area is 169 Å². The fourth-order valence-electron chi connectivity index (χ4n) is 2.63. The van der Waals surface area contributed by atoms with Crippen LogP contribution in [0.2, 0.25) is 10.0 Å². The van der Waals surface area contributed by atoms with Crippen LogP contribution >= 0.6 is 39.1 Å². The quantitative estimate of drug-likeness (QED) is 0.365. The van der Waals surface area contributed by atoms with E-state index in [0.29, 0.717) is 15.9 Å². The van der Waals surface area contributed by atoms with Gasteiger partial charge in [0.2, 0.25) is 0 Å². The maximum Gasteiger partial charge on any atom is 0.163 e. The Morgan fingerprint density at radius 3 is 2.38 bits per heavy atom. The third kappa shape index (κ3) is 3.54. The monoisotopic (exact) mass is 443 g/mol. The predicted octanol–water partition coefficient (Wildman–Crippen LogP) is 7.11. The number of fused-ring (bicyclic) bond motifs is 1. The van der Waals surface area contributed by atoms with E-state index >= 15 is 0 Å². The van der Waals surface area contributed by atoms with Crippen LogP contribution in [-0.4, -0.2) is 9.97 Å². The van der Waals surface area contributed by atoms with Crippen LogP contribution in [0.15, 0.2) is 71.2 Å². The zero-order chi connectivity index (χ0) is 18.1. The van der Waals surface area contributed by atoms with Gasteiger partial charge in [0.1, 0.15) is 5.82 Å². The van der Waals surface area contributed by atoms with Gasteiger partial charge in [-0.05, 0) is 54.6 Å². The molecule has 1 aromatic heterocycles.